The summed E-state index contributed by atoms with van der Waals surface area (Å²) in [6.45, 7) is 1.57. The Morgan fingerprint density at radius 2 is 2.29 bits per heavy atom. The van der Waals surface area contributed by atoms with Crippen molar-refractivity contribution in [1.82, 2.24) is 0 Å². The van der Waals surface area contributed by atoms with Gasteiger partial charge in [-0.05, 0) is 31.7 Å². The largest absolute Gasteiger partial charge is 0.298 e. The molecule has 0 fully saturated rings. The van der Waals surface area contributed by atoms with Crippen molar-refractivity contribution < 1.29 is 9.18 Å². The van der Waals surface area contributed by atoms with Gasteiger partial charge in [-0.3, -0.25) is 4.79 Å². The van der Waals surface area contributed by atoms with Gasteiger partial charge in [0.2, 0.25) is 0 Å². The number of carbonyl (C=O) groups excluding carboxylic acids is 1. The predicted octanol–water partition coefficient (Wildman–Crippen LogP) is 3.02. The first-order chi connectivity index (χ1) is 6.65. The second-order valence-electron chi connectivity index (χ2n) is 4.05. The van der Waals surface area contributed by atoms with E-state index in [4.69, 9.17) is 0 Å². The Morgan fingerprint density at radius 1 is 1.50 bits per heavy atom. The minimum atomic E-state index is -1.33. The van der Waals surface area contributed by atoms with Gasteiger partial charge < -0.3 is 0 Å². The molecule has 0 spiro atoms. The molecule has 1 aliphatic rings. The van der Waals surface area contributed by atoms with Gasteiger partial charge in [0, 0.05) is 11.1 Å². The van der Waals surface area contributed by atoms with Gasteiger partial charge in [0.05, 0.1) is 0 Å². The van der Waals surface area contributed by atoms with Gasteiger partial charge in [-0.15, -0.1) is 0 Å². The van der Waals surface area contributed by atoms with Crippen LogP contribution in [-0.2, 0) is 12.1 Å². The van der Waals surface area contributed by atoms with Crippen molar-refractivity contribution in [2.75, 3.05) is 0 Å². The number of benzene rings is 1. The van der Waals surface area contributed by atoms with Crippen LogP contribution in [0.5, 0.6) is 0 Å². The molecule has 0 aliphatic heterocycles. The number of fused-ring (bicyclic) bond motifs is 1. The lowest BCUT2D eigenvalue weighted by atomic mass is 9.79. The standard InChI is InChI=1S/C12H13FO/c1-12(13)7-3-6-9-4-2-5-10(8-14)11(9)12/h2,4-5,8H,3,6-7H2,1H3. The molecule has 0 bridgehead atoms. The number of hydrogen-bond donors (Lipinski definition) is 0. The highest BCUT2D eigenvalue weighted by atomic mass is 19.1. The van der Waals surface area contributed by atoms with E-state index in [0.717, 1.165) is 24.7 Å². The van der Waals surface area contributed by atoms with Crippen LogP contribution in [0.25, 0.3) is 0 Å². The highest BCUT2D eigenvalue weighted by Crippen LogP contribution is 2.39. The smallest absolute Gasteiger partial charge is 0.150 e. The highest BCUT2D eigenvalue weighted by molar-refractivity contribution is 5.78. The zero-order chi connectivity index (χ0) is 10.2. The maximum Gasteiger partial charge on any atom is 0.150 e. The SMILES string of the molecule is CC1(F)CCCc2cccc(C=O)c21. The lowest BCUT2D eigenvalue weighted by Gasteiger charge is -2.29. The summed E-state index contributed by atoms with van der Waals surface area (Å²) in [5, 5.41) is 0. The van der Waals surface area contributed by atoms with Crippen molar-refractivity contribution in [3.63, 3.8) is 0 Å². The van der Waals surface area contributed by atoms with E-state index in [1.54, 1.807) is 13.0 Å². The third-order valence-corrected chi connectivity index (χ3v) is 2.92. The fraction of sp³-hybridized carbons (Fsp3) is 0.417. The van der Waals surface area contributed by atoms with Gasteiger partial charge in [-0.2, -0.15) is 0 Å². The number of hydrogen-bond acceptors (Lipinski definition) is 1. The van der Waals surface area contributed by atoms with E-state index in [2.05, 4.69) is 0 Å². The molecule has 0 radical (unpaired) electrons. The van der Waals surface area contributed by atoms with Crippen molar-refractivity contribution in [2.45, 2.75) is 31.9 Å². The van der Waals surface area contributed by atoms with E-state index in [1.165, 1.54) is 0 Å². The Kier molecular flexibility index (Phi) is 2.14. The Bertz CT molecular complexity index is 369. The number of rotatable bonds is 1. The van der Waals surface area contributed by atoms with Gasteiger partial charge in [0.1, 0.15) is 12.0 Å². The second kappa shape index (κ2) is 3.19. The van der Waals surface area contributed by atoms with Crippen LogP contribution in [0.1, 0.15) is 41.3 Å². The second-order valence-corrected chi connectivity index (χ2v) is 4.05. The average Bonchev–Trinajstić information content (AvgIpc) is 2.16. The molecular formula is C12H13FO. The lowest BCUT2D eigenvalue weighted by molar-refractivity contribution is 0.110. The highest BCUT2D eigenvalue weighted by Gasteiger charge is 2.33. The molecule has 14 heavy (non-hydrogen) atoms. The lowest BCUT2D eigenvalue weighted by Crippen LogP contribution is -2.24. The van der Waals surface area contributed by atoms with Crippen molar-refractivity contribution >= 4 is 6.29 Å². The van der Waals surface area contributed by atoms with Gasteiger partial charge in [0.25, 0.3) is 0 Å². The van der Waals surface area contributed by atoms with Crippen LogP contribution in [0, 0.1) is 0 Å². The van der Waals surface area contributed by atoms with E-state index in [9.17, 15) is 9.18 Å². The van der Waals surface area contributed by atoms with Gasteiger partial charge in [-0.25, -0.2) is 4.39 Å². The quantitative estimate of drug-likeness (QED) is 0.625. The zero-order valence-corrected chi connectivity index (χ0v) is 8.22. The van der Waals surface area contributed by atoms with E-state index < -0.39 is 5.67 Å². The Balaban J connectivity index is 2.64. The molecule has 74 valence electrons. The Hall–Kier alpha value is -1.18. The van der Waals surface area contributed by atoms with Crippen LogP contribution < -0.4 is 0 Å². The molecule has 0 saturated carbocycles. The number of halogens is 1. The number of carbonyl (C=O) groups is 1. The van der Waals surface area contributed by atoms with Crippen molar-refractivity contribution in [3.8, 4) is 0 Å². The molecule has 0 N–H and O–H groups in total. The van der Waals surface area contributed by atoms with Crippen molar-refractivity contribution in [3.05, 3.63) is 34.9 Å². The summed E-state index contributed by atoms with van der Waals surface area (Å²) in [4.78, 5) is 10.8. The molecular weight excluding hydrogens is 179 g/mol. The molecule has 1 atom stereocenters. The summed E-state index contributed by atoms with van der Waals surface area (Å²) in [6.07, 6.45) is 3.02. The normalized spacial score (nSPS) is 25.6. The molecule has 1 aromatic rings. The molecule has 1 aliphatic carbocycles. The van der Waals surface area contributed by atoms with Crippen molar-refractivity contribution in [2.24, 2.45) is 0 Å². The summed E-state index contributed by atoms with van der Waals surface area (Å²) in [6, 6.07) is 5.43. The van der Waals surface area contributed by atoms with Crippen LogP contribution in [0.3, 0.4) is 0 Å². The maximum atomic E-state index is 14.2. The monoisotopic (exact) mass is 192 g/mol. The molecule has 0 amide bonds. The predicted molar refractivity (Wildman–Crippen MR) is 53.2 cm³/mol. The average molecular weight is 192 g/mol. The summed E-state index contributed by atoms with van der Waals surface area (Å²) >= 11 is 0. The van der Waals surface area contributed by atoms with Crippen LogP contribution in [0.15, 0.2) is 18.2 Å². The third-order valence-electron chi connectivity index (χ3n) is 2.92. The maximum absolute atomic E-state index is 14.2. The Labute approximate surface area is 82.9 Å². The molecule has 0 aromatic heterocycles. The fourth-order valence-electron chi connectivity index (χ4n) is 2.30. The fourth-order valence-corrected chi connectivity index (χ4v) is 2.30. The molecule has 1 nitrogen and oxygen atoms in total. The number of aryl methyl sites for hydroxylation is 1. The first kappa shape index (κ1) is 9.38. The third kappa shape index (κ3) is 1.35. The van der Waals surface area contributed by atoms with E-state index in [0.29, 0.717) is 17.5 Å². The first-order valence-electron chi connectivity index (χ1n) is 4.91. The van der Waals surface area contributed by atoms with Crippen LogP contribution in [0.4, 0.5) is 4.39 Å². The molecule has 2 heteroatoms. The van der Waals surface area contributed by atoms with Gasteiger partial charge in [-0.1, -0.05) is 18.2 Å². The minimum Gasteiger partial charge on any atom is -0.298 e. The van der Waals surface area contributed by atoms with Crippen LogP contribution in [-0.4, -0.2) is 6.29 Å². The Morgan fingerprint density at radius 3 is 3.00 bits per heavy atom. The zero-order valence-electron chi connectivity index (χ0n) is 8.22. The van der Waals surface area contributed by atoms with E-state index in [1.807, 2.05) is 12.1 Å². The first-order valence-corrected chi connectivity index (χ1v) is 4.91. The van der Waals surface area contributed by atoms with Crippen molar-refractivity contribution in [1.29, 1.82) is 0 Å². The topological polar surface area (TPSA) is 17.1 Å². The molecule has 1 unspecified atom stereocenters. The van der Waals surface area contributed by atoms with E-state index in [-0.39, 0.29) is 0 Å². The summed E-state index contributed by atoms with van der Waals surface area (Å²) in [5.74, 6) is 0. The minimum absolute atomic E-state index is 0.507. The van der Waals surface area contributed by atoms with Gasteiger partial charge >= 0.3 is 0 Å². The molecule has 0 saturated heterocycles. The summed E-state index contributed by atoms with van der Waals surface area (Å²) in [5.41, 5.74) is 0.782. The van der Waals surface area contributed by atoms with Gasteiger partial charge in [0.15, 0.2) is 0 Å². The summed E-state index contributed by atoms with van der Waals surface area (Å²) < 4.78 is 14.2. The molecule has 2 rings (SSSR count). The number of aldehydes is 1. The summed E-state index contributed by atoms with van der Waals surface area (Å²) in [7, 11) is 0. The molecule has 0 heterocycles. The van der Waals surface area contributed by atoms with Crippen LogP contribution in [0.2, 0.25) is 0 Å². The van der Waals surface area contributed by atoms with E-state index >= 15 is 0 Å². The molecule has 1 aromatic carbocycles. The van der Waals surface area contributed by atoms with Crippen LogP contribution >= 0.6 is 0 Å². The number of alkyl halides is 1.